The fraction of sp³-hybridized carbons (Fsp3) is 0.360. The van der Waals surface area contributed by atoms with Crippen molar-refractivity contribution >= 4 is 33.2 Å². The fourth-order valence-electron chi connectivity index (χ4n) is 4.95. The van der Waals surface area contributed by atoms with Gasteiger partial charge >= 0.3 is 6.18 Å². The Morgan fingerprint density at radius 1 is 1.14 bits per heavy atom. The summed E-state index contributed by atoms with van der Waals surface area (Å²) in [5.41, 5.74) is 5.65. The number of fused-ring (bicyclic) bond motifs is 3. The standard InChI is InChI=1S/C25H21ClF3N3O2S/c26-14-7-13-8-21(23-17-3-1-2-4-19(17)32-34-23)33-22(13)18(9-14)16-5-6-31-20-10-15(35-24(16)20)11-30-12-25(27,28)29/h5-7,9-10,21,30H,1-4,8,11-12H2/t21-/m1/s1. The van der Waals surface area contributed by atoms with Crippen molar-refractivity contribution < 1.29 is 22.4 Å². The number of hydrogen-bond acceptors (Lipinski definition) is 6. The van der Waals surface area contributed by atoms with E-state index in [1.807, 2.05) is 24.3 Å². The summed E-state index contributed by atoms with van der Waals surface area (Å²) >= 11 is 7.93. The predicted molar refractivity (Wildman–Crippen MR) is 128 cm³/mol. The molecule has 0 spiro atoms. The van der Waals surface area contributed by atoms with Crippen LogP contribution < -0.4 is 10.1 Å². The van der Waals surface area contributed by atoms with Crippen LogP contribution in [0.2, 0.25) is 5.02 Å². The van der Waals surface area contributed by atoms with Crippen molar-refractivity contribution in [2.24, 2.45) is 0 Å². The summed E-state index contributed by atoms with van der Waals surface area (Å²) in [6.07, 6.45) is 1.94. The monoisotopic (exact) mass is 519 g/mol. The van der Waals surface area contributed by atoms with Gasteiger partial charge in [0, 0.05) is 51.3 Å². The number of nitrogens with zero attached hydrogens (tertiary/aromatic N) is 2. The summed E-state index contributed by atoms with van der Waals surface area (Å²) in [6, 6.07) is 7.50. The summed E-state index contributed by atoms with van der Waals surface area (Å²) in [5.74, 6) is 1.55. The van der Waals surface area contributed by atoms with Gasteiger partial charge in [-0.15, -0.1) is 11.3 Å². The molecule has 1 atom stereocenters. The van der Waals surface area contributed by atoms with Crippen molar-refractivity contribution in [3.63, 3.8) is 0 Å². The largest absolute Gasteiger partial charge is 0.481 e. The zero-order chi connectivity index (χ0) is 24.2. The first-order valence-electron chi connectivity index (χ1n) is 11.5. The van der Waals surface area contributed by atoms with Crippen LogP contribution in [-0.2, 0) is 25.8 Å². The van der Waals surface area contributed by atoms with Gasteiger partial charge in [0.15, 0.2) is 11.9 Å². The summed E-state index contributed by atoms with van der Waals surface area (Å²) in [5, 5.41) is 7.33. The second-order valence-corrected chi connectivity index (χ2v) is 10.5. The van der Waals surface area contributed by atoms with Crippen LogP contribution in [0.3, 0.4) is 0 Å². The van der Waals surface area contributed by atoms with Crippen molar-refractivity contribution in [2.75, 3.05) is 6.54 Å². The van der Waals surface area contributed by atoms with Crippen LogP contribution in [0.15, 0.2) is 35.0 Å². The molecule has 182 valence electrons. The molecule has 0 bridgehead atoms. The molecule has 1 aromatic carbocycles. The molecule has 2 aliphatic rings. The summed E-state index contributed by atoms with van der Waals surface area (Å²) in [7, 11) is 0. The fourth-order valence-corrected chi connectivity index (χ4v) is 6.30. The first-order valence-corrected chi connectivity index (χ1v) is 12.7. The molecule has 6 rings (SSSR count). The molecule has 5 nitrogen and oxygen atoms in total. The molecule has 1 aliphatic carbocycles. The Morgan fingerprint density at radius 2 is 2.00 bits per heavy atom. The quantitative estimate of drug-likeness (QED) is 0.314. The molecule has 0 fully saturated rings. The van der Waals surface area contributed by atoms with E-state index < -0.39 is 12.7 Å². The van der Waals surface area contributed by atoms with Crippen LogP contribution in [0, 0.1) is 0 Å². The van der Waals surface area contributed by atoms with Gasteiger partial charge in [0.1, 0.15) is 5.75 Å². The minimum absolute atomic E-state index is 0.114. The van der Waals surface area contributed by atoms with Gasteiger partial charge < -0.3 is 14.6 Å². The normalized spacial score (nSPS) is 17.4. The van der Waals surface area contributed by atoms with Gasteiger partial charge in [-0.05, 0) is 49.9 Å². The zero-order valence-corrected chi connectivity index (χ0v) is 20.1. The van der Waals surface area contributed by atoms with Gasteiger partial charge in [-0.1, -0.05) is 16.8 Å². The van der Waals surface area contributed by atoms with Crippen molar-refractivity contribution in [1.29, 1.82) is 0 Å². The number of benzene rings is 1. The lowest BCUT2D eigenvalue weighted by Gasteiger charge is -2.14. The molecule has 0 saturated heterocycles. The van der Waals surface area contributed by atoms with E-state index in [9.17, 15) is 13.2 Å². The average molecular weight is 520 g/mol. The SMILES string of the molecule is FC(F)(F)CNCc1cc2nccc(-c3cc(Cl)cc4c3O[C@@H](c3onc5c3CCCC5)C4)c2s1. The highest BCUT2D eigenvalue weighted by Gasteiger charge is 2.34. The molecule has 0 radical (unpaired) electrons. The van der Waals surface area contributed by atoms with Crippen molar-refractivity contribution in [2.45, 2.75) is 50.9 Å². The highest BCUT2D eigenvalue weighted by Crippen LogP contribution is 2.48. The zero-order valence-electron chi connectivity index (χ0n) is 18.5. The van der Waals surface area contributed by atoms with E-state index in [-0.39, 0.29) is 12.6 Å². The molecule has 0 saturated carbocycles. The van der Waals surface area contributed by atoms with E-state index in [1.165, 1.54) is 16.9 Å². The van der Waals surface area contributed by atoms with Crippen molar-refractivity contribution in [3.05, 3.63) is 62.9 Å². The van der Waals surface area contributed by atoms with Crippen molar-refractivity contribution in [3.8, 4) is 16.9 Å². The van der Waals surface area contributed by atoms with Gasteiger partial charge in [0.25, 0.3) is 0 Å². The lowest BCUT2D eigenvalue weighted by Crippen LogP contribution is -2.27. The lowest BCUT2D eigenvalue weighted by molar-refractivity contribution is -0.125. The van der Waals surface area contributed by atoms with E-state index in [1.54, 1.807) is 6.20 Å². The number of hydrogen-bond donors (Lipinski definition) is 1. The molecule has 4 heterocycles. The maximum atomic E-state index is 12.5. The Hall–Kier alpha value is -2.62. The molecule has 10 heteroatoms. The van der Waals surface area contributed by atoms with E-state index in [0.29, 0.717) is 11.4 Å². The Balaban J connectivity index is 1.34. The Bertz CT molecular complexity index is 1420. The van der Waals surface area contributed by atoms with Crippen LogP contribution in [0.4, 0.5) is 13.2 Å². The van der Waals surface area contributed by atoms with Gasteiger partial charge in [-0.3, -0.25) is 4.98 Å². The number of aryl methyl sites for hydroxylation is 1. The Kier molecular flexibility index (Phi) is 5.74. The van der Waals surface area contributed by atoms with Crippen LogP contribution in [-0.4, -0.2) is 22.9 Å². The molecular formula is C25H21ClF3N3O2S. The molecule has 1 aliphatic heterocycles. The van der Waals surface area contributed by atoms with Crippen LogP contribution in [0.25, 0.3) is 21.3 Å². The van der Waals surface area contributed by atoms with E-state index in [0.717, 1.165) is 74.7 Å². The number of halogens is 4. The number of thiophene rings is 1. The number of ether oxygens (including phenoxy) is 1. The molecular weight excluding hydrogens is 499 g/mol. The van der Waals surface area contributed by atoms with E-state index in [4.69, 9.17) is 20.9 Å². The number of nitrogens with one attached hydrogen (secondary N) is 1. The second kappa shape index (κ2) is 8.80. The predicted octanol–water partition coefficient (Wildman–Crippen LogP) is 6.81. The van der Waals surface area contributed by atoms with Gasteiger partial charge in [-0.2, -0.15) is 13.2 Å². The third-order valence-corrected chi connectivity index (χ3v) is 7.83. The Morgan fingerprint density at radius 3 is 2.86 bits per heavy atom. The number of aromatic nitrogens is 2. The topological polar surface area (TPSA) is 60.2 Å². The van der Waals surface area contributed by atoms with Gasteiger partial charge in [-0.25, -0.2) is 0 Å². The number of alkyl halides is 3. The van der Waals surface area contributed by atoms with Gasteiger partial charge in [0.05, 0.1) is 22.5 Å². The third kappa shape index (κ3) is 4.41. The molecule has 0 unspecified atom stereocenters. The first-order chi connectivity index (χ1) is 16.9. The first kappa shape index (κ1) is 22.8. The van der Waals surface area contributed by atoms with E-state index in [2.05, 4.69) is 15.5 Å². The molecule has 3 aromatic heterocycles. The second-order valence-electron chi connectivity index (χ2n) is 8.94. The minimum Gasteiger partial charge on any atom is -0.481 e. The summed E-state index contributed by atoms with van der Waals surface area (Å²) in [4.78, 5) is 5.20. The minimum atomic E-state index is -4.25. The smallest absolute Gasteiger partial charge is 0.401 e. The molecule has 1 N–H and O–H groups in total. The highest BCUT2D eigenvalue weighted by molar-refractivity contribution is 7.19. The summed E-state index contributed by atoms with van der Waals surface area (Å²) < 4.78 is 50.7. The number of pyridine rings is 1. The maximum absolute atomic E-state index is 12.5. The lowest BCUT2D eigenvalue weighted by atomic mass is 9.93. The Labute approximate surface area is 208 Å². The van der Waals surface area contributed by atoms with Crippen LogP contribution in [0.5, 0.6) is 5.75 Å². The average Bonchev–Trinajstić information content (AvgIpc) is 3.53. The van der Waals surface area contributed by atoms with Crippen LogP contribution >= 0.6 is 22.9 Å². The van der Waals surface area contributed by atoms with Crippen molar-refractivity contribution in [1.82, 2.24) is 15.5 Å². The highest BCUT2D eigenvalue weighted by atomic mass is 35.5. The van der Waals surface area contributed by atoms with Crippen LogP contribution in [0.1, 0.15) is 46.4 Å². The van der Waals surface area contributed by atoms with Gasteiger partial charge in [0.2, 0.25) is 0 Å². The molecule has 0 amide bonds. The number of rotatable bonds is 5. The van der Waals surface area contributed by atoms with E-state index >= 15 is 0 Å². The molecule has 35 heavy (non-hydrogen) atoms. The third-order valence-electron chi connectivity index (χ3n) is 6.46. The maximum Gasteiger partial charge on any atom is 0.401 e. The summed E-state index contributed by atoms with van der Waals surface area (Å²) in [6.45, 7) is -0.924. The molecule has 4 aromatic rings.